The van der Waals surface area contributed by atoms with Crippen LogP contribution >= 0.6 is 0 Å². The summed E-state index contributed by atoms with van der Waals surface area (Å²) in [6.07, 6.45) is 1.20. The van der Waals surface area contributed by atoms with E-state index in [1.165, 1.54) is 30.6 Å². The number of anilines is 1. The second kappa shape index (κ2) is 5.89. The van der Waals surface area contributed by atoms with Gasteiger partial charge in [0.1, 0.15) is 23.7 Å². The average Bonchev–Trinajstić information content (AvgIpc) is 2.36. The van der Waals surface area contributed by atoms with Crippen LogP contribution in [0.25, 0.3) is 0 Å². The van der Waals surface area contributed by atoms with Crippen molar-refractivity contribution < 1.29 is 4.39 Å². The number of halogens is 1. The van der Waals surface area contributed by atoms with Gasteiger partial charge in [-0.15, -0.1) is 0 Å². The summed E-state index contributed by atoms with van der Waals surface area (Å²) in [5, 5.41) is 19.8. The quantitative estimate of drug-likeness (QED) is 0.466. The van der Waals surface area contributed by atoms with Crippen LogP contribution in [0.1, 0.15) is 0 Å². The van der Waals surface area contributed by atoms with Gasteiger partial charge in [-0.1, -0.05) is 0 Å². The van der Waals surface area contributed by atoms with E-state index < -0.39 is 0 Å². The number of benzene rings is 1. The molecule has 84 valence electrons. The molecule has 1 aromatic rings. The molecule has 1 rings (SSSR count). The number of hydrogen-bond donors (Lipinski definition) is 2. The van der Waals surface area contributed by atoms with Crippen molar-refractivity contribution in [2.45, 2.75) is 0 Å². The van der Waals surface area contributed by atoms with E-state index in [1.807, 2.05) is 0 Å². The third-order valence-electron chi connectivity index (χ3n) is 1.75. The Bertz CT molecular complexity index is 530. The molecule has 0 aromatic heterocycles. The van der Waals surface area contributed by atoms with Gasteiger partial charge in [0.05, 0.1) is 6.34 Å². The van der Waals surface area contributed by atoms with Crippen LogP contribution in [-0.2, 0) is 0 Å². The van der Waals surface area contributed by atoms with Crippen molar-refractivity contribution >= 4 is 12.0 Å². The van der Waals surface area contributed by atoms with Crippen LogP contribution in [0.3, 0.4) is 0 Å². The zero-order valence-corrected chi connectivity index (χ0v) is 8.68. The Hall–Kier alpha value is -2.86. The molecule has 3 N–H and O–H groups in total. The van der Waals surface area contributed by atoms with Gasteiger partial charge < -0.3 is 11.1 Å². The fourth-order valence-corrected chi connectivity index (χ4v) is 0.929. The largest absolute Gasteiger partial charge is 0.388 e. The molecule has 0 aliphatic heterocycles. The lowest BCUT2D eigenvalue weighted by Crippen LogP contribution is -2.00. The molecule has 1 aromatic carbocycles. The summed E-state index contributed by atoms with van der Waals surface area (Å²) in [5.74, 6) is -0.348. The van der Waals surface area contributed by atoms with Crippen LogP contribution in [0, 0.1) is 28.5 Å². The highest BCUT2D eigenvalue weighted by Crippen LogP contribution is 2.07. The lowest BCUT2D eigenvalue weighted by Gasteiger charge is -1.98. The van der Waals surface area contributed by atoms with Crippen molar-refractivity contribution in [3.8, 4) is 12.1 Å². The van der Waals surface area contributed by atoms with Gasteiger partial charge in [-0.2, -0.15) is 10.5 Å². The van der Waals surface area contributed by atoms with E-state index in [4.69, 9.17) is 16.3 Å². The second-order valence-corrected chi connectivity index (χ2v) is 2.90. The summed E-state index contributed by atoms with van der Waals surface area (Å²) in [5.41, 5.74) is 5.39. The summed E-state index contributed by atoms with van der Waals surface area (Å²) >= 11 is 0. The monoisotopic (exact) mass is 229 g/mol. The number of nitriles is 2. The first-order valence-electron chi connectivity index (χ1n) is 4.52. The second-order valence-electron chi connectivity index (χ2n) is 2.90. The van der Waals surface area contributed by atoms with Crippen molar-refractivity contribution in [1.29, 1.82) is 10.5 Å². The Morgan fingerprint density at radius 1 is 1.29 bits per heavy atom. The lowest BCUT2D eigenvalue weighted by molar-refractivity contribution is 0.628. The molecule has 17 heavy (non-hydrogen) atoms. The maximum atomic E-state index is 12.6. The Morgan fingerprint density at radius 2 is 1.94 bits per heavy atom. The number of aliphatic imine (C=N–C) groups is 1. The number of rotatable bonds is 3. The molecular weight excluding hydrogens is 221 g/mol. The van der Waals surface area contributed by atoms with Gasteiger partial charge >= 0.3 is 0 Å². The molecule has 0 atom stereocenters. The van der Waals surface area contributed by atoms with E-state index in [9.17, 15) is 4.39 Å². The van der Waals surface area contributed by atoms with E-state index >= 15 is 0 Å². The summed E-state index contributed by atoms with van der Waals surface area (Å²) in [6, 6.07) is 8.86. The first-order chi connectivity index (χ1) is 8.17. The summed E-state index contributed by atoms with van der Waals surface area (Å²) in [4.78, 5) is 3.67. The predicted octanol–water partition coefficient (Wildman–Crippen LogP) is 1.48. The van der Waals surface area contributed by atoms with Gasteiger partial charge in [-0.3, -0.25) is 0 Å². The van der Waals surface area contributed by atoms with Gasteiger partial charge in [0.15, 0.2) is 5.70 Å². The number of allylic oxidation sites excluding steroid dienone is 2. The fraction of sp³-hybridized carbons (Fsp3) is 0. The number of nitrogens with two attached hydrogens (primary N) is 1. The molecule has 0 spiro atoms. The fourth-order valence-electron chi connectivity index (χ4n) is 0.929. The molecule has 0 saturated heterocycles. The number of nitrogens with zero attached hydrogens (tertiary/aromatic N) is 3. The van der Waals surface area contributed by atoms with E-state index in [1.54, 1.807) is 12.1 Å². The average molecular weight is 229 g/mol. The van der Waals surface area contributed by atoms with Crippen molar-refractivity contribution in [2.75, 3.05) is 5.32 Å². The molecule has 0 bridgehead atoms. The third kappa shape index (κ3) is 3.65. The Balaban J connectivity index is 2.72. The highest BCUT2D eigenvalue weighted by atomic mass is 19.1. The van der Waals surface area contributed by atoms with E-state index in [-0.39, 0.29) is 17.2 Å². The van der Waals surface area contributed by atoms with Gasteiger partial charge in [0.2, 0.25) is 0 Å². The number of hydrogen-bond acceptors (Lipinski definition) is 4. The minimum absolute atomic E-state index is 0.179. The van der Waals surface area contributed by atoms with Crippen LogP contribution in [-0.4, -0.2) is 6.34 Å². The molecule has 0 fully saturated rings. The summed E-state index contributed by atoms with van der Waals surface area (Å²) in [6.45, 7) is 0. The minimum atomic E-state index is -0.348. The van der Waals surface area contributed by atoms with Crippen LogP contribution in [0.5, 0.6) is 0 Å². The predicted molar refractivity (Wildman–Crippen MR) is 61.0 cm³/mol. The molecule has 5 nitrogen and oxygen atoms in total. The molecule has 6 heteroatoms. The van der Waals surface area contributed by atoms with Crippen LogP contribution in [0.2, 0.25) is 0 Å². The van der Waals surface area contributed by atoms with Gasteiger partial charge in [0, 0.05) is 5.69 Å². The molecule has 0 saturated carbocycles. The normalized spacial score (nSPS) is 11.5. The van der Waals surface area contributed by atoms with Gasteiger partial charge in [0.25, 0.3) is 0 Å². The smallest absolute Gasteiger partial charge is 0.175 e. The number of nitrogens with one attached hydrogen (secondary N) is 1. The molecule has 0 amide bonds. The van der Waals surface area contributed by atoms with E-state index in [2.05, 4.69) is 10.3 Å². The minimum Gasteiger partial charge on any atom is -0.388 e. The lowest BCUT2D eigenvalue weighted by atomic mass is 10.3. The first-order valence-corrected chi connectivity index (χ1v) is 4.52. The topological polar surface area (TPSA) is 98.0 Å². The standard InChI is InChI=1S/C11H8FN5/c12-8-1-3-9(4-2-8)16-7-17-11(6-14)10(15)5-13/h1-4,7H,15H2,(H,16,17)/b11-10-. The van der Waals surface area contributed by atoms with Crippen molar-refractivity contribution in [1.82, 2.24) is 0 Å². The van der Waals surface area contributed by atoms with Crippen molar-refractivity contribution in [3.05, 3.63) is 41.5 Å². The van der Waals surface area contributed by atoms with Crippen LogP contribution in [0.15, 0.2) is 40.7 Å². The Labute approximate surface area is 97.3 Å². The Morgan fingerprint density at radius 3 is 2.47 bits per heavy atom. The zero-order valence-electron chi connectivity index (χ0n) is 8.68. The molecule has 0 aliphatic carbocycles. The highest BCUT2D eigenvalue weighted by molar-refractivity contribution is 5.76. The molecule has 0 radical (unpaired) electrons. The van der Waals surface area contributed by atoms with Crippen LogP contribution < -0.4 is 11.1 Å². The van der Waals surface area contributed by atoms with Gasteiger partial charge in [-0.25, -0.2) is 9.38 Å². The zero-order chi connectivity index (χ0) is 12.7. The van der Waals surface area contributed by atoms with Crippen molar-refractivity contribution in [3.63, 3.8) is 0 Å². The highest BCUT2D eigenvalue weighted by Gasteiger charge is 1.98. The van der Waals surface area contributed by atoms with E-state index in [0.29, 0.717) is 5.69 Å². The Kier molecular flexibility index (Phi) is 4.23. The summed E-state index contributed by atoms with van der Waals surface area (Å²) in [7, 11) is 0. The third-order valence-corrected chi connectivity index (χ3v) is 1.75. The first kappa shape index (κ1) is 12.2. The summed E-state index contributed by atoms with van der Waals surface area (Å²) < 4.78 is 12.6. The maximum absolute atomic E-state index is 12.6. The SMILES string of the molecule is N#C/C(N)=C(\C#N)N=CNc1ccc(F)cc1. The van der Waals surface area contributed by atoms with Crippen molar-refractivity contribution in [2.24, 2.45) is 10.7 Å². The molecular formula is C11H8FN5. The maximum Gasteiger partial charge on any atom is 0.175 e. The molecule has 0 heterocycles. The molecule has 0 aliphatic rings. The van der Waals surface area contributed by atoms with E-state index in [0.717, 1.165) is 0 Å². The van der Waals surface area contributed by atoms with Crippen LogP contribution in [0.4, 0.5) is 10.1 Å². The van der Waals surface area contributed by atoms with Gasteiger partial charge in [-0.05, 0) is 24.3 Å². The molecule has 0 unspecified atom stereocenters.